The highest BCUT2D eigenvalue weighted by atomic mass is 19.1. The minimum atomic E-state index is -0.532. The van der Waals surface area contributed by atoms with Gasteiger partial charge in [0.05, 0.1) is 18.8 Å². The standard InChI is InChI=1S/C15H19FN2O3/c1-15(2,3)13(19)17-8-12-9-18(14(20)21-12)11-6-4-5-10(16)7-11/h4-7,12H,8-9H2,1-3H3,(H,17,19). The monoisotopic (exact) mass is 294 g/mol. The first-order valence-corrected chi connectivity index (χ1v) is 6.79. The van der Waals surface area contributed by atoms with Gasteiger partial charge in [-0.05, 0) is 18.2 Å². The van der Waals surface area contributed by atoms with Gasteiger partial charge in [-0.3, -0.25) is 9.69 Å². The molecule has 6 heteroatoms. The molecule has 1 heterocycles. The molecule has 1 fully saturated rings. The fourth-order valence-electron chi connectivity index (χ4n) is 1.95. The van der Waals surface area contributed by atoms with E-state index < -0.39 is 23.4 Å². The molecule has 114 valence electrons. The summed E-state index contributed by atoms with van der Waals surface area (Å²) >= 11 is 0. The molecule has 1 unspecified atom stereocenters. The molecule has 1 aromatic rings. The van der Waals surface area contributed by atoms with Crippen molar-refractivity contribution in [2.75, 3.05) is 18.0 Å². The molecule has 1 aromatic carbocycles. The molecule has 1 N–H and O–H groups in total. The topological polar surface area (TPSA) is 58.6 Å². The number of carbonyl (C=O) groups excluding carboxylic acids is 2. The van der Waals surface area contributed by atoms with Crippen molar-refractivity contribution in [3.63, 3.8) is 0 Å². The number of nitrogens with one attached hydrogen (secondary N) is 1. The predicted octanol–water partition coefficient (Wildman–Crippen LogP) is 2.31. The van der Waals surface area contributed by atoms with Crippen LogP contribution < -0.4 is 10.2 Å². The van der Waals surface area contributed by atoms with Crippen molar-refractivity contribution in [2.45, 2.75) is 26.9 Å². The second-order valence-corrected chi connectivity index (χ2v) is 6.06. The number of nitrogens with zero attached hydrogens (tertiary/aromatic N) is 1. The number of carbonyl (C=O) groups is 2. The fraction of sp³-hybridized carbons (Fsp3) is 0.467. The van der Waals surface area contributed by atoms with E-state index in [9.17, 15) is 14.0 Å². The minimum Gasteiger partial charge on any atom is -0.442 e. The quantitative estimate of drug-likeness (QED) is 0.930. The van der Waals surface area contributed by atoms with E-state index in [1.807, 2.05) is 20.8 Å². The van der Waals surface area contributed by atoms with Gasteiger partial charge in [0.1, 0.15) is 11.9 Å². The van der Waals surface area contributed by atoms with Gasteiger partial charge in [0.15, 0.2) is 0 Å². The van der Waals surface area contributed by atoms with Crippen molar-refractivity contribution in [2.24, 2.45) is 5.41 Å². The fourth-order valence-corrected chi connectivity index (χ4v) is 1.95. The molecular formula is C15H19FN2O3. The summed E-state index contributed by atoms with van der Waals surface area (Å²) in [7, 11) is 0. The van der Waals surface area contributed by atoms with Crippen LogP contribution in [0.4, 0.5) is 14.9 Å². The van der Waals surface area contributed by atoms with Crippen molar-refractivity contribution in [3.8, 4) is 0 Å². The molecule has 1 saturated heterocycles. The Bertz CT molecular complexity index is 554. The van der Waals surface area contributed by atoms with Gasteiger partial charge in [-0.1, -0.05) is 26.8 Å². The third kappa shape index (κ3) is 3.71. The van der Waals surface area contributed by atoms with E-state index in [0.29, 0.717) is 5.69 Å². The van der Waals surface area contributed by atoms with Crippen LogP contribution in [-0.2, 0) is 9.53 Å². The maximum Gasteiger partial charge on any atom is 0.414 e. The van der Waals surface area contributed by atoms with E-state index in [-0.39, 0.29) is 19.0 Å². The van der Waals surface area contributed by atoms with E-state index >= 15 is 0 Å². The maximum absolute atomic E-state index is 13.2. The van der Waals surface area contributed by atoms with Crippen molar-refractivity contribution in [1.29, 1.82) is 0 Å². The molecule has 21 heavy (non-hydrogen) atoms. The highest BCUT2D eigenvalue weighted by Gasteiger charge is 2.33. The summed E-state index contributed by atoms with van der Waals surface area (Å²) in [6, 6.07) is 5.76. The van der Waals surface area contributed by atoms with Crippen LogP contribution in [-0.4, -0.2) is 31.2 Å². The van der Waals surface area contributed by atoms with E-state index in [2.05, 4.69) is 5.32 Å². The summed E-state index contributed by atoms with van der Waals surface area (Å²) in [5.41, 5.74) is -0.0464. The molecule has 2 rings (SSSR count). The second kappa shape index (κ2) is 5.71. The number of anilines is 1. The Morgan fingerprint density at radius 2 is 2.19 bits per heavy atom. The van der Waals surface area contributed by atoms with Crippen LogP contribution in [0.1, 0.15) is 20.8 Å². The van der Waals surface area contributed by atoms with Gasteiger partial charge in [0.25, 0.3) is 0 Å². The van der Waals surface area contributed by atoms with Crippen LogP contribution in [0.5, 0.6) is 0 Å². The van der Waals surface area contributed by atoms with Gasteiger partial charge in [0, 0.05) is 5.41 Å². The molecule has 0 radical (unpaired) electrons. The molecule has 0 aromatic heterocycles. The zero-order chi connectivity index (χ0) is 15.6. The summed E-state index contributed by atoms with van der Waals surface area (Å²) in [5, 5.41) is 2.75. The molecule has 1 atom stereocenters. The van der Waals surface area contributed by atoms with E-state index in [1.54, 1.807) is 6.07 Å². The average molecular weight is 294 g/mol. The predicted molar refractivity (Wildman–Crippen MR) is 76.5 cm³/mol. The Morgan fingerprint density at radius 1 is 1.48 bits per heavy atom. The zero-order valence-corrected chi connectivity index (χ0v) is 12.4. The Hall–Kier alpha value is -2.11. The SMILES string of the molecule is CC(C)(C)C(=O)NCC1CN(c2cccc(F)c2)C(=O)O1. The number of benzene rings is 1. The highest BCUT2D eigenvalue weighted by Crippen LogP contribution is 2.22. The Balaban J connectivity index is 1.96. The average Bonchev–Trinajstić information content (AvgIpc) is 2.76. The Kier molecular flexibility index (Phi) is 4.16. The molecule has 2 amide bonds. The minimum absolute atomic E-state index is 0.109. The number of amides is 2. The van der Waals surface area contributed by atoms with Crippen molar-refractivity contribution in [3.05, 3.63) is 30.1 Å². The van der Waals surface area contributed by atoms with Gasteiger partial charge in [-0.15, -0.1) is 0 Å². The van der Waals surface area contributed by atoms with E-state index in [4.69, 9.17) is 4.74 Å². The molecule has 5 nitrogen and oxygen atoms in total. The first-order chi connectivity index (χ1) is 9.77. The Labute approximate surface area is 123 Å². The van der Waals surface area contributed by atoms with Crippen LogP contribution in [0.3, 0.4) is 0 Å². The maximum atomic E-state index is 13.2. The number of cyclic esters (lactones) is 1. The Morgan fingerprint density at radius 3 is 2.81 bits per heavy atom. The number of rotatable bonds is 3. The van der Waals surface area contributed by atoms with Crippen LogP contribution in [0.2, 0.25) is 0 Å². The van der Waals surface area contributed by atoms with Crippen LogP contribution >= 0.6 is 0 Å². The highest BCUT2D eigenvalue weighted by molar-refractivity contribution is 5.89. The lowest BCUT2D eigenvalue weighted by Gasteiger charge is -2.19. The summed E-state index contributed by atoms with van der Waals surface area (Å²) < 4.78 is 18.4. The smallest absolute Gasteiger partial charge is 0.414 e. The van der Waals surface area contributed by atoms with Crippen molar-refractivity contribution >= 4 is 17.7 Å². The first-order valence-electron chi connectivity index (χ1n) is 6.79. The molecule has 1 aliphatic rings. The summed E-state index contributed by atoms with van der Waals surface area (Å²) in [6.45, 7) is 5.95. The molecule has 0 bridgehead atoms. The number of hydrogen-bond donors (Lipinski definition) is 1. The number of hydrogen-bond acceptors (Lipinski definition) is 3. The van der Waals surface area contributed by atoms with Crippen molar-refractivity contribution in [1.82, 2.24) is 5.32 Å². The number of halogens is 1. The molecule has 0 spiro atoms. The lowest BCUT2D eigenvalue weighted by molar-refractivity contribution is -0.128. The largest absolute Gasteiger partial charge is 0.442 e. The van der Waals surface area contributed by atoms with E-state index in [1.165, 1.54) is 23.1 Å². The van der Waals surface area contributed by atoms with Crippen molar-refractivity contribution < 1.29 is 18.7 Å². The first kappa shape index (κ1) is 15.3. The molecule has 0 aliphatic carbocycles. The lowest BCUT2D eigenvalue weighted by Crippen LogP contribution is -2.40. The van der Waals surface area contributed by atoms with Gasteiger partial charge >= 0.3 is 6.09 Å². The third-order valence-electron chi connectivity index (χ3n) is 3.17. The number of ether oxygens (including phenoxy) is 1. The lowest BCUT2D eigenvalue weighted by atomic mass is 9.96. The normalized spacial score (nSPS) is 18.6. The summed E-state index contributed by atoms with van der Waals surface area (Å²) in [4.78, 5) is 24.9. The van der Waals surface area contributed by atoms with Crippen LogP contribution in [0.15, 0.2) is 24.3 Å². The van der Waals surface area contributed by atoms with Crippen LogP contribution in [0.25, 0.3) is 0 Å². The van der Waals surface area contributed by atoms with Gasteiger partial charge in [0.2, 0.25) is 5.91 Å². The van der Waals surface area contributed by atoms with Crippen LogP contribution in [0, 0.1) is 11.2 Å². The van der Waals surface area contributed by atoms with Gasteiger partial charge in [-0.25, -0.2) is 9.18 Å². The van der Waals surface area contributed by atoms with Gasteiger partial charge in [-0.2, -0.15) is 0 Å². The third-order valence-corrected chi connectivity index (χ3v) is 3.17. The van der Waals surface area contributed by atoms with Gasteiger partial charge < -0.3 is 10.1 Å². The molecule has 0 saturated carbocycles. The molecular weight excluding hydrogens is 275 g/mol. The molecule has 1 aliphatic heterocycles. The second-order valence-electron chi connectivity index (χ2n) is 6.06. The zero-order valence-electron chi connectivity index (χ0n) is 12.4. The van der Waals surface area contributed by atoms with E-state index in [0.717, 1.165) is 0 Å². The summed E-state index contributed by atoms with van der Waals surface area (Å²) in [6.07, 6.45) is -0.970. The summed E-state index contributed by atoms with van der Waals surface area (Å²) in [5.74, 6) is -0.521.